The molecule has 0 bridgehead atoms. The van der Waals surface area contributed by atoms with Crippen LogP contribution in [0.2, 0.25) is 0 Å². The predicted octanol–water partition coefficient (Wildman–Crippen LogP) is 2.44. The Morgan fingerprint density at radius 2 is 2.00 bits per heavy atom. The zero-order chi connectivity index (χ0) is 15.5. The van der Waals surface area contributed by atoms with Crippen LogP contribution in [0.1, 0.15) is 24.8 Å². The molecule has 1 aromatic rings. The Morgan fingerprint density at radius 1 is 1.18 bits per heavy atom. The number of benzene rings is 1. The molecule has 2 aliphatic heterocycles. The van der Waals surface area contributed by atoms with Gasteiger partial charge in [0.2, 0.25) is 5.91 Å². The highest BCUT2D eigenvalue weighted by Gasteiger charge is 2.33. The van der Waals surface area contributed by atoms with E-state index in [1.54, 1.807) is 4.90 Å². The van der Waals surface area contributed by atoms with Crippen LogP contribution in [0.15, 0.2) is 24.3 Å². The topological polar surface area (TPSA) is 49.9 Å². The zero-order valence-corrected chi connectivity index (χ0v) is 13.0. The number of rotatable bonds is 1. The summed E-state index contributed by atoms with van der Waals surface area (Å²) < 4.78 is 4.78. The molecule has 1 saturated heterocycles. The van der Waals surface area contributed by atoms with E-state index < -0.39 is 0 Å². The summed E-state index contributed by atoms with van der Waals surface area (Å²) in [5, 5.41) is 0. The predicted molar refractivity (Wildman–Crippen MR) is 83.8 cm³/mol. The van der Waals surface area contributed by atoms with Crippen molar-refractivity contribution in [2.45, 2.75) is 25.7 Å². The van der Waals surface area contributed by atoms with Crippen molar-refractivity contribution in [1.82, 2.24) is 4.90 Å². The number of ether oxygens (including phenoxy) is 1. The third-order valence-electron chi connectivity index (χ3n) is 4.58. The molecule has 0 saturated carbocycles. The van der Waals surface area contributed by atoms with E-state index >= 15 is 0 Å². The molecule has 5 heteroatoms. The molecule has 0 aliphatic carbocycles. The molecule has 1 fully saturated rings. The van der Waals surface area contributed by atoms with Crippen LogP contribution in [0.3, 0.4) is 0 Å². The van der Waals surface area contributed by atoms with Crippen LogP contribution < -0.4 is 4.90 Å². The molecule has 2 amide bonds. The molecule has 2 heterocycles. The van der Waals surface area contributed by atoms with Gasteiger partial charge < -0.3 is 14.5 Å². The van der Waals surface area contributed by atoms with E-state index in [0.29, 0.717) is 13.1 Å². The number of hydrogen-bond donors (Lipinski definition) is 0. The van der Waals surface area contributed by atoms with Crippen LogP contribution in [0, 0.1) is 5.92 Å². The molecule has 5 nitrogen and oxygen atoms in total. The fraction of sp³-hybridized carbons (Fsp3) is 0.529. The van der Waals surface area contributed by atoms with E-state index in [2.05, 4.69) is 6.07 Å². The van der Waals surface area contributed by atoms with Gasteiger partial charge in [-0.2, -0.15) is 0 Å². The Balaban J connectivity index is 1.76. The first kappa shape index (κ1) is 14.9. The highest BCUT2D eigenvalue weighted by Crippen LogP contribution is 2.30. The van der Waals surface area contributed by atoms with Crippen LogP contribution in [0.5, 0.6) is 0 Å². The summed E-state index contributed by atoms with van der Waals surface area (Å²) in [6.45, 7) is 1.90. The van der Waals surface area contributed by atoms with E-state index in [4.69, 9.17) is 4.74 Å². The summed E-state index contributed by atoms with van der Waals surface area (Å²) in [5.41, 5.74) is 2.27. The van der Waals surface area contributed by atoms with Crippen molar-refractivity contribution < 1.29 is 14.3 Å². The summed E-state index contributed by atoms with van der Waals surface area (Å²) in [7, 11) is 1.38. The lowest BCUT2D eigenvalue weighted by Crippen LogP contribution is -2.48. The van der Waals surface area contributed by atoms with Gasteiger partial charge >= 0.3 is 6.09 Å². The lowest BCUT2D eigenvalue weighted by Gasteiger charge is -2.36. The van der Waals surface area contributed by atoms with Crippen molar-refractivity contribution >= 4 is 17.7 Å². The average molecular weight is 302 g/mol. The Bertz CT molecular complexity index is 573. The van der Waals surface area contributed by atoms with Crippen LogP contribution >= 0.6 is 0 Å². The maximum atomic E-state index is 12.9. The molecule has 2 aliphatic rings. The molecule has 22 heavy (non-hydrogen) atoms. The molecular formula is C17H22N2O3. The average Bonchev–Trinajstić information content (AvgIpc) is 2.60. The Labute approximate surface area is 130 Å². The standard InChI is InChI=1S/C17H22N2O3/c1-22-17(21)18-10-4-8-14(12-18)16(20)19-11-5-7-13-6-2-3-9-15(13)19/h2-3,6,9,14H,4-5,7-8,10-12H2,1H3. The highest BCUT2D eigenvalue weighted by molar-refractivity contribution is 5.96. The van der Waals surface area contributed by atoms with Crippen molar-refractivity contribution in [3.8, 4) is 0 Å². The molecule has 0 N–H and O–H groups in total. The number of amides is 2. The number of carbonyl (C=O) groups excluding carboxylic acids is 2. The number of piperidine rings is 1. The van der Waals surface area contributed by atoms with Gasteiger partial charge in [0, 0.05) is 25.3 Å². The highest BCUT2D eigenvalue weighted by atomic mass is 16.5. The fourth-order valence-electron chi connectivity index (χ4n) is 3.46. The van der Waals surface area contributed by atoms with Crippen molar-refractivity contribution in [1.29, 1.82) is 0 Å². The minimum absolute atomic E-state index is 0.126. The molecule has 3 rings (SSSR count). The van der Waals surface area contributed by atoms with E-state index in [0.717, 1.165) is 37.9 Å². The third kappa shape index (κ3) is 2.80. The monoisotopic (exact) mass is 302 g/mol. The van der Waals surface area contributed by atoms with Crippen molar-refractivity contribution in [2.75, 3.05) is 31.6 Å². The van der Waals surface area contributed by atoms with Crippen LogP contribution in [-0.4, -0.2) is 43.6 Å². The van der Waals surface area contributed by atoms with Crippen LogP contribution in [0.4, 0.5) is 10.5 Å². The van der Waals surface area contributed by atoms with Gasteiger partial charge in [-0.25, -0.2) is 4.79 Å². The van der Waals surface area contributed by atoms with Crippen molar-refractivity contribution in [2.24, 2.45) is 5.92 Å². The quantitative estimate of drug-likeness (QED) is 0.800. The van der Waals surface area contributed by atoms with Crippen LogP contribution in [0.25, 0.3) is 0 Å². The summed E-state index contributed by atoms with van der Waals surface area (Å²) >= 11 is 0. The Kier molecular flexibility index (Phi) is 4.32. The van der Waals surface area contributed by atoms with Gasteiger partial charge in [-0.15, -0.1) is 0 Å². The van der Waals surface area contributed by atoms with E-state index in [9.17, 15) is 9.59 Å². The molecule has 0 spiro atoms. The van der Waals surface area contributed by atoms with Gasteiger partial charge in [0.25, 0.3) is 0 Å². The number of nitrogens with zero attached hydrogens (tertiary/aromatic N) is 2. The number of aryl methyl sites for hydroxylation is 1. The molecule has 1 aromatic carbocycles. The normalized spacial score (nSPS) is 21.2. The van der Waals surface area contributed by atoms with Gasteiger partial charge in [0.15, 0.2) is 0 Å². The molecule has 1 atom stereocenters. The largest absolute Gasteiger partial charge is 0.453 e. The second-order valence-corrected chi connectivity index (χ2v) is 5.98. The minimum atomic E-state index is -0.337. The third-order valence-corrected chi connectivity index (χ3v) is 4.58. The number of carbonyl (C=O) groups is 2. The molecule has 0 radical (unpaired) electrons. The molecular weight excluding hydrogens is 280 g/mol. The Morgan fingerprint density at radius 3 is 2.82 bits per heavy atom. The maximum absolute atomic E-state index is 12.9. The summed E-state index contributed by atoms with van der Waals surface area (Å²) in [6, 6.07) is 8.11. The van der Waals surface area contributed by atoms with E-state index in [-0.39, 0.29) is 17.9 Å². The number of anilines is 1. The summed E-state index contributed by atoms with van der Waals surface area (Å²) in [6.07, 6.45) is 3.37. The summed E-state index contributed by atoms with van der Waals surface area (Å²) in [4.78, 5) is 28.2. The second kappa shape index (κ2) is 6.38. The lowest BCUT2D eigenvalue weighted by molar-refractivity contribution is -0.123. The molecule has 118 valence electrons. The van der Waals surface area contributed by atoms with Crippen molar-refractivity contribution in [3.63, 3.8) is 0 Å². The first-order valence-electron chi connectivity index (χ1n) is 7.93. The summed E-state index contributed by atoms with van der Waals surface area (Å²) in [5.74, 6) is 0.0137. The van der Waals surface area contributed by atoms with E-state index in [1.165, 1.54) is 12.7 Å². The van der Waals surface area contributed by atoms with Crippen molar-refractivity contribution in [3.05, 3.63) is 29.8 Å². The maximum Gasteiger partial charge on any atom is 0.409 e. The number of methoxy groups -OCH3 is 1. The fourth-order valence-corrected chi connectivity index (χ4v) is 3.46. The SMILES string of the molecule is COC(=O)N1CCCC(C(=O)N2CCCc3ccccc32)C1. The minimum Gasteiger partial charge on any atom is -0.453 e. The molecule has 0 aromatic heterocycles. The van der Waals surface area contributed by atoms with Gasteiger partial charge in [0.1, 0.15) is 0 Å². The van der Waals surface area contributed by atoms with Gasteiger partial charge in [0.05, 0.1) is 13.0 Å². The zero-order valence-electron chi connectivity index (χ0n) is 13.0. The first-order chi connectivity index (χ1) is 10.7. The van der Waals surface area contributed by atoms with E-state index in [1.807, 2.05) is 23.1 Å². The van der Waals surface area contributed by atoms with Gasteiger partial charge in [-0.1, -0.05) is 18.2 Å². The second-order valence-electron chi connectivity index (χ2n) is 5.98. The number of para-hydroxylation sites is 1. The number of hydrogen-bond acceptors (Lipinski definition) is 3. The smallest absolute Gasteiger partial charge is 0.409 e. The number of likely N-dealkylation sites (tertiary alicyclic amines) is 1. The van der Waals surface area contributed by atoms with Gasteiger partial charge in [-0.3, -0.25) is 4.79 Å². The van der Waals surface area contributed by atoms with Crippen LogP contribution in [-0.2, 0) is 16.0 Å². The number of fused-ring (bicyclic) bond motifs is 1. The lowest BCUT2D eigenvalue weighted by atomic mass is 9.94. The molecule has 1 unspecified atom stereocenters. The first-order valence-corrected chi connectivity index (χ1v) is 7.93. The Hall–Kier alpha value is -2.04. The van der Waals surface area contributed by atoms with Gasteiger partial charge in [-0.05, 0) is 37.3 Å².